The number of aromatic nitrogens is 4. The summed E-state index contributed by atoms with van der Waals surface area (Å²) in [6, 6.07) is 4.32. The number of nitrogens with zero attached hydrogens (tertiary/aromatic N) is 4. The number of hydrogen-bond donors (Lipinski definition) is 1. The molecule has 8 nitrogen and oxygen atoms in total. The first kappa shape index (κ1) is 26.8. The van der Waals surface area contributed by atoms with Crippen molar-refractivity contribution in [1.29, 1.82) is 0 Å². The lowest BCUT2D eigenvalue weighted by Gasteiger charge is -2.20. The van der Waals surface area contributed by atoms with Crippen LogP contribution in [0.25, 0.3) is 11.5 Å². The Labute approximate surface area is 211 Å². The standard InChI is InChI=1S/C25H29F4N5O3/c1-13(2)9-17-10-20(33-37-17)23-31-32-24(34(23)16-5-6-16)21(36-12-25(27,28)29)11-22(35)30-19-8-7-18(26)14(3)15(19)4/h7-8,10,13,16,21H,5-6,9,11-12H2,1-4H3,(H,30,35)/t21-/m0/s1. The Balaban J connectivity index is 1.62. The Bertz CT molecular complexity index is 1260. The Morgan fingerprint density at radius 2 is 1.95 bits per heavy atom. The van der Waals surface area contributed by atoms with Gasteiger partial charge in [0.25, 0.3) is 0 Å². The van der Waals surface area contributed by atoms with Crippen LogP contribution in [0.5, 0.6) is 0 Å². The van der Waals surface area contributed by atoms with Crippen LogP contribution in [-0.2, 0) is 16.0 Å². The van der Waals surface area contributed by atoms with E-state index in [1.807, 2.05) is 13.8 Å². The first-order valence-corrected chi connectivity index (χ1v) is 12.1. The van der Waals surface area contributed by atoms with Crippen LogP contribution in [0.2, 0.25) is 0 Å². The second kappa shape index (κ2) is 10.6. The summed E-state index contributed by atoms with van der Waals surface area (Å²) in [6.45, 7) is 5.73. The molecule has 1 atom stereocenters. The van der Waals surface area contributed by atoms with Gasteiger partial charge in [-0.25, -0.2) is 4.39 Å². The molecule has 37 heavy (non-hydrogen) atoms. The van der Waals surface area contributed by atoms with Crippen LogP contribution < -0.4 is 5.32 Å². The maximum Gasteiger partial charge on any atom is 0.411 e. The highest BCUT2D eigenvalue weighted by Crippen LogP contribution is 2.41. The maximum absolute atomic E-state index is 13.8. The molecule has 1 saturated carbocycles. The molecule has 0 bridgehead atoms. The number of rotatable bonds is 10. The average Bonchev–Trinajstić information content (AvgIpc) is 3.39. The van der Waals surface area contributed by atoms with Crippen LogP contribution in [0.1, 0.15) is 68.0 Å². The van der Waals surface area contributed by atoms with Crippen LogP contribution >= 0.6 is 0 Å². The van der Waals surface area contributed by atoms with E-state index in [4.69, 9.17) is 9.26 Å². The summed E-state index contributed by atoms with van der Waals surface area (Å²) < 4.78 is 65.3. The van der Waals surface area contributed by atoms with Gasteiger partial charge in [-0.1, -0.05) is 19.0 Å². The molecule has 0 unspecified atom stereocenters. The monoisotopic (exact) mass is 523 g/mol. The van der Waals surface area contributed by atoms with Gasteiger partial charge in [-0.3, -0.25) is 4.79 Å². The first-order valence-electron chi connectivity index (χ1n) is 12.1. The summed E-state index contributed by atoms with van der Waals surface area (Å²) in [7, 11) is 0. The summed E-state index contributed by atoms with van der Waals surface area (Å²) in [6.07, 6.45) is -4.16. The van der Waals surface area contributed by atoms with Gasteiger partial charge >= 0.3 is 6.18 Å². The zero-order valence-electron chi connectivity index (χ0n) is 21.0. The highest BCUT2D eigenvalue weighted by atomic mass is 19.4. The molecule has 12 heteroatoms. The molecular formula is C25H29F4N5O3. The van der Waals surface area contributed by atoms with Crippen LogP contribution in [0.15, 0.2) is 22.7 Å². The number of anilines is 1. The fourth-order valence-electron chi connectivity index (χ4n) is 4.02. The van der Waals surface area contributed by atoms with Gasteiger partial charge in [0.15, 0.2) is 17.3 Å². The first-order chi connectivity index (χ1) is 17.4. The molecule has 4 rings (SSSR count). The third-order valence-corrected chi connectivity index (χ3v) is 6.13. The largest absolute Gasteiger partial charge is 0.411 e. The Morgan fingerprint density at radius 1 is 1.22 bits per heavy atom. The summed E-state index contributed by atoms with van der Waals surface area (Å²) >= 11 is 0. The molecule has 200 valence electrons. The van der Waals surface area contributed by atoms with Crippen molar-refractivity contribution in [2.45, 2.75) is 71.7 Å². The van der Waals surface area contributed by atoms with Gasteiger partial charge in [0.2, 0.25) is 5.91 Å². The number of benzene rings is 1. The zero-order chi connectivity index (χ0) is 26.9. The molecule has 1 aliphatic rings. The van der Waals surface area contributed by atoms with E-state index >= 15 is 0 Å². The smallest absolute Gasteiger partial charge is 0.361 e. The van der Waals surface area contributed by atoms with E-state index in [0.717, 1.165) is 12.8 Å². The fraction of sp³-hybridized carbons (Fsp3) is 0.520. The second-order valence-corrected chi connectivity index (χ2v) is 9.77. The fourth-order valence-corrected chi connectivity index (χ4v) is 4.02. The molecule has 0 spiro atoms. The van der Waals surface area contributed by atoms with Crippen molar-refractivity contribution in [2.24, 2.45) is 5.92 Å². The lowest BCUT2D eigenvalue weighted by atomic mass is 10.1. The number of nitrogens with one attached hydrogen (secondary N) is 1. The van der Waals surface area contributed by atoms with E-state index in [-0.39, 0.29) is 11.9 Å². The number of amides is 1. The summed E-state index contributed by atoms with van der Waals surface area (Å²) in [5, 5.41) is 15.1. The van der Waals surface area contributed by atoms with Crippen molar-refractivity contribution in [1.82, 2.24) is 19.9 Å². The van der Waals surface area contributed by atoms with Crippen molar-refractivity contribution in [3.63, 3.8) is 0 Å². The molecule has 2 heterocycles. The van der Waals surface area contributed by atoms with Gasteiger partial charge in [0.05, 0.1) is 6.42 Å². The molecule has 2 aromatic heterocycles. The van der Waals surface area contributed by atoms with E-state index in [1.54, 1.807) is 24.5 Å². The second-order valence-electron chi connectivity index (χ2n) is 9.77. The Morgan fingerprint density at radius 3 is 2.59 bits per heavy atom. The summed E-state index contributed by atoms with van der Waals surface area (Å²) in [4.78, 5) is 12.9. The van der Waals surface area contributed by atoms with Crippen LogP contribution in [-0.4, -0.2) is 38.6 Å². The SMILES string of the molecule is Cc1c(F)ccc(NC(=O)C[C@H](OCC(F)(F)F)c2nnc(-c3cc(CC(C)C)on3)n2C2CC2)c1C. The molecule has 3 aromatic rings. The average molecular weight is 524 g/mol. The summed E-state index contributed by atoms with van der Waals surface area (Å²) in [5.74, 6) is 0.431. The van der Waals surface area contributed by atoms with Gasteiger partial charge in [-0.15, -0.1) is 10.2 Å². The maximum atomic E-state index is 13.8. The molecule has 1 aliphatic carbocycles. The molecule has 0 radical (unpaired) electrons. The zero-order valence-corrected chi connectivity index (χ0v) is 21.0. The van der Waals surface area contributed by atoms with E-state index in [1.165, 1.54) is 12.1 Å². The minimum Gasteiger partial charge on any atom is -0.361 e. The van der Waals surface area contributed by atoms with Crippen LogP contribution in [0.3, 0.4) is 0 Å². The van der Waals surface area contributed by atoms with Crippen molar-refractivity contribution in [3.8, 4) is 11.5 Å². The molecule has 1 N–H and O–H groups in total. The van der Waals surface area contributed by atoms with Gasteiger partial charge in [0.1, 0.15) is 24.3 Å². The molecular weight excluding hydrogens is 494 g/mol. The number of ether oxygens (including phenoxy) is 1. The van der Waals surface area contributed by atoms with Crippen molar-refractivity contribution < 1.29 is 31.6 Å². The molecule has 0 saturated heterocycles. The number of alkyl halides is 3. The quantitative estimate of drug-likeness (QED) is 0.334. The highest BCUT2D eigenvalue weighted by molar-refractivity contribution is 5.92. The van der Waals surface area contributed by atoms with Gasteiger partial charge in [-0.2, -0.15) is 13.2 Å². The topological polar surface area (TPSA) is 95.1 Å². The van der Waals surface area contributed by atoms with Crippen LogP contribution in [0.4, 0.5) is 23.2 Å². The minimum absolute atomic E-state index is 0.0488. The predicted molar refractivity (Wildman–Crippen MR) is 126 cm³/mol. The third kappa shape index (κ3) is 6.54. The Kier molecular flexibility index (Phi) is 7.67. The van der Waals surface area contributed by atoms with Gasteiger partial charge in [0, 0.05) is 24.2 Å². The molecule has 0 aliphatic heterocycles. The predicted octanol–water partition coefficient (Wildman–Crippen LogP) is 5.87. The van der Waals surface area contributed by atoms with Crippen molar-refractivity contribution in [2.75, 3.05) is 11.9 Å². The van der Waals surface area contributed by atoms with Gasteiger partial charge in [-0.05, 0) is 55.9 Å². The third-order valence-electron chi connectivity index (χ3n) is 6.13. The number of hydrogen-bond acceptors (Lipinski definition) is 6. The van der Waals surface area contributed by atoms with E-state index in [9.17, 15) is 22.4 Å². The normalized spacial score (nSPS) is 14.8. The van der Waals surface area contributed by atoms with Crippen LogP contribution in [0, 0.1) is 25.6 Å². The van der Waals surface area contributed by atoms with E-state index in [0.29, 0.717) is 46.4 Å². The minimum atomic E-state index is -4.61. The summed E-state index contributed by atoms with van der Waals surface area (Å²) in [5.41, 5.74) is 1.67. The van der Waals surface area contributed by atoms with Crippen molar-refractivity contribution in [3.05, 3.63) is 46.7 Å². The number of halogens is 4. The lowest BCUT2D eigenvalue weighted by Crippen LogP contribution is -2.25. The van der Waals surface area contributed by atoms with E-state index < -0.39 is 37.0 Å². The number of carbonyl (C=O) groups is 1. The van der Waals surface area contributed by atoms with Gasteiger partial charge < -0.3 is 19.1 Å². The Hall–Kier alpha value is -3.28. The lowest BCUT2D eigenvalue weighted by molar-refractivity contribution is -0.188. The van der Waals surface area contributed by atoms with Crippen molar-refractivity contribution >= 4 is 11.6 Å². The number of carbonyl (C=O) groups excluding carboxylic acids is 1. The molecule has 1 fully saturated rings. The van der Waals surface area contributed by atoms with E-state index in [2.05, 4.69) is 20.7 Å². The molecule has 1 aromatic carbocycles. The molecule has 1 amide bonds. The highest BCUT2D eigenvalue weighted by Gasteiger charge is 2.37.